The largest absolute Gasteiger partial charge is 0.622 e. The zero-order valence-corrected chi connectivity index (χ0v) is 18.9. The summed E-state index contributed by atoms with van der Waals surface area (Å²) in [6.07, 6.45) is 6.45. The number of para-hydroxylation sites is 2. The summed E-state index contributed by atoms with van der Waals surface area (Å²) in [7, 11) is 0. The van der Waals surface area contributed by atoms with Crippen molar-refractivity contribution in [3.63, 3.8) is 0 Å². The fourth-order valence-corrected chi connectivity index (χ4v) is 4.33. The van der Waals surface area contributed by atoms with Crippen molar-refractivity contribution < 1.29 is 19.0 Å². The molecule has 1 aromatic carbocycles. The van der Waals surface area contributed by atoms with Crippen LogP contribution in [-0.4, -0.2) is 55.1 Å². The van der Waals surface area contributed by atoms with Gasteiger partial charge in [-0.2, -0.15) is 4.98 Å². The number of terminal acetylenes is 1. The van der Waals surface area contributed by atoms with E-state index in [0.29, 0.717) is 36.2 Å². The van der Waals surface area contributed by atoms with Crippen molar-refractivity contribution in [2.75, 3.05) is 33.0 Å². The van der Waals surface area contributed by atoms with E-state index in [1.165, 1.54) is 11.3 Å². The third kappa shape index (κ3) is 5.30. The molecule has 1 saturated heterocycles. The minimum absolute atomic E-state index is 0.105. The predicted molar refractivity (Wildman–Crippen MR) is 118 cm³/mol. The first kappa shape index (κ1) is 22.5. The van der Waals surface area contributed by atoms with E-state index in [-0.39, 0.29) is 19.8 Å². The quantitative estimate of drug-likeness (QED) is 0.228. The minimum Gasteiger partial charge on any atom is -0.622 e. The van der Waals surface area contributed by atoms with Gasteiger partial charge in [0.05, 0.1) is 23.1 Å². The Morgan fingerprint density at radius 1 is 1.43 bits per heavy atom. The zero-order valence-electron chi connectivity index (χ0n) is 16.5. The highest BCUT2D eigenvalue weighted by Crippen LogP contribution is 2.37. The number of carbonyl (C=O) groups excluding carboxylic acids is 1. The number of hydroxylamine groups is 2. The average molecular weight is 496 g/mol. The molecule has 0 aliphatic carbocycles. The lowest BCUT2D eigenvalue weighted by Crippen LogP contribution is -2.51. The van der Waals surface area contributed by atoms with Crippen molar-refractivity contribution in [1.29, 1.82) is 0 Å². The summed E-state index contributed by atoms with van der Waals surface area (Å²) in [5.41, 5.74) is 0. The van der Waals surface area contributed by atoms with Crippen molar-refractivity contribution >= 4 is 38.4 Å². The summed E-state index contributed by atoms with van der Waals surface area (Å²) < 4.78 is 16.4. The SMILES string of the molecule is C#CCCN1CC(OC(=O)COc2ccccc2OCC)[N+]([O-])(c2ncc(Br)s2)C1. The van der Waals surface area contributed by atoms with E-state index in [1.54, 1.807) is 24.4 Å². The van der Waals surface area contributed by atoms with E-state index in [1.807, 2.05) is 17.9 Å². The Balaban J connectivity index is 1.68. The predicted octanol–water partition coefficient (Wildman–Crippen LogP) is 3.35. The van der Waals surface area contributed by atoms with Crippen molar-refractivity contribution in [3.05, 3.63) is 39.5 Å². The molecule has 0 spiro atoms. The molecule has 30 heavy (non-hydrogen) atoms. The molecule has 0 bridgehead atoms. The van der Waals surface area contributed by atoms with Crippen LogP contribution in [0.1, 0.15) is 13.3 Å². The van der Waals surface area contributed by atoms with Gasteiger partial charge < -0.3 is 19.4 Å². The van der Waals surface area contributed by atoms with Gasteiger partial charge in [0.1, 0.15) is 6.67 Å². The van der Waals surface area contributed by atoms with Gasteiger partial charge in [0.2, 0.25) is 0 Å². The van der Waals surface area contributed by atoms with Gasteiger partial charge in [-0.15, -0.1) is 12.3 Å². The van der Waals surface area contributed by atoms with Crippen LogP contribution in [0.5, 0.6) is 11.5 Å². The number of esters is 1. The third-order valence-corrected chi connectivity index (χ3v) is 6.00. The fourth-order valence-electron chi connectivity index (χ4n) is 3.08. The minimum atomic E-state index is -0.959. The molecule has 1 aliphatic rings. The Kier molecular flexibility index (Phi) is 7.69. The molecule has 0 saturated carbocycles. The molecule has 2 heterocycles. The van der Waals surface area contributed by atoms with E-state index in [9.17, 15) is 10.0 Å². The molecular formula is C20H22BrN3O5S. The second-order valence-electron chi connectivity index (χ2n) is 6.53. The molecule has 3 rings (SSSR count). The first-order valence-corrected chi connectivity index (χ1v) is 11.0. The highest BCUT2D eigenvalue weighted by molar-refractivity contribution is 9.11. The van der Waals surface area contributed by atoms with E-state index < -0.39 is 16.8 Å². The number of nitrogens with zero attached hydrogens (tertiary/aromatic N) is 3. The Hall–Kier alpha value is -2.16. The summed E-state index contributed by atoms with van der Waals surface area (Å²) >= 11 is 4.55. The molecule has 160 valence electrons. The van der Waals surface area contributed by atoms with E-state index in [2.05, 4.69) is 26.8 Å². The number of benzene rings is 1. The zero-order chi connectivity index (χ0) is 21.6. The standard InChI is InChI=1S/C20H22BrN3O5S/c1-3-5-10-23-12-18(24(26,14-23)20-22-11-17(21)30-20)29-19(25)13-28-16-9-7-6-8-15(16)27-4-2/h1,6-9,11,18H,4-5,10,12-14H2,2H3. The summed E-state index contributed by atoms with van der Waals surface area (Å²) in [6, 6.07) is 7.05. The van der Waals surface area contributed by atoms with Crippen LogP contribution in [0.3, 0.4) is 0 Å². The van der Waals surface area contributed by atoms with E-state index in [4.69, 9.17) is 20.6 Å². The first-order chi connectivity index (χ1) is 14.5. The molecule has 2 unspecified atom stereocenters. The van der Waals surface area contributed by atoms with Crippen molar-refractivity contribution in [2.24, 2.45) is 0 Å². The molecular weight excluding hydrogens is 474 g/mol. The molecule has 10 heteroatoms. The van der Waals surface area contributed by atoms with E-state index in [0.717, 1.165) is 3.79 Å². The van der Waals surface area contributed by atoms with Crippen LogP contribution in [-0.2, 0) is 9.53 Å². The van der Waals surface area contributed by atoms with Crippen LogP contribution in [0, 0.1) is 17.6 Å². The topological polar surface area (TPSA) is 84.0 Å². The highest BCUT2D eigenvalue weighted by Gasteiger charge is 2.45. The number of halogens is 1. The Bertz CT molecular complexity index is 918. The maximum atomic E-state index is 13.6. The number of carbonyl (C=O) groups is 1. The lowest BCUT2D eigenvalue weighted by molar-refractivity contribution is -0.155. The monoisotopic (exact) mass is 495 g/mol. The average Bonchev–Trinajstić information content (AvgIpc) is 3.30. The normalized spacial score (nSPS) is 21.2. The maximum absolute atomic E-state index is 13.6. The summed E-state index contributed by atoms with van der Waals surface area (Å²) in [5.74, 6) is 2.90. The summed E-state index contributed by atoms with van der Waals surface area (Å²) in [6.45, 7) is 2.90. The molecule has 1 aromatic heterocycles. The van der Waals surface area contributed by atoms with Gasteiger partial charge in [0, 0.05) is 13.0 Å². The first-order valence-electron chi connectivity index (χ1n) is 9.37. The van der Waals surface area contributed by atoms with Gasteiger partial charge in [-0.3, -0.25) is 4.65 Å². The Morgan fingerprint density at radius 2 is 2.17 bits per heavy atom. The van der Waals surface area contributed by atoms with Crippen LogP contribution >= 0.6 is 27.3 Å². The van der Waals surface area contributed by atoms with Gasteiger partial charge in [-0.05, 0) is 46.3 Å². The molecule has 0 N–H and O–H groups in total. The fraction of sp³-hybridized carbons (Fsp3) is 0.400. The van der Waals surface area contributed by atoms with Gasteiger partial charge >= 0.3 is 5.97 Å². The molecule has 2 atom stereocenters. The van der Waals surface area contributed by atoms with Crippen molar-refractivity contribution in [2.45, 2.75) is 19.6 Å². The molecule has 0 amide bonds. The number of hydrogen-bond donors (Lipinski definition) is 0. The Labute approximate surface area is 187 Å². The smallest absolute Gasteiger partial charge is 0.348 e. The molecule has 1 aliphatic heterocycles. The van der Waals surface area contributed by atoms with Crippen LogP contribution < -0.4 is 14.1 Å². The van der Waals surface area contributed by atoms with E-state index >= 15 is 0 Å². The van der Waals surface area contributed by atoms with Gasteiger partial charge in [0.25, 0.3) is 11.4 Å². The third-order valence-electron chi connectivity index (χ3n) is 4.41. The molecule has 8 nitrogen and oxygen atoms in total. The summed E-state index contributed by atoms with van der Waals surface area (Å²) in [4.78, 5) is 18.5. The highest BCUT2D eigenvalue weighted by atomic mass is 79.9. The Morgan fingerprint density at radius 3 is 2.80 bits per heavy atom. The second-order valence-corrected chi connectivity index (χ2v) is 8.92. The van der Waals surface area contributed by atoms with Gasteiger partial charge in [0.15, 0.2) is 18.1 Å². The van der Waals surface area contributed by atoms with Crippen LogP contribution in [0.4, 0.5) is 5.13 Å². The number of hydrogen-bond acceptors (Lipinski definition) is 8. The lowest BCUT2D eigenvalue weighted by Gasteiger charge is -2.38. The number of rotatable bonds is 9. The number of aromatic nitrogens is 1. The maximum Gasteiger partial charge on any atom is 0.348 e. The summed E-state index contributed by atoms with van der Waals surface area (Å²) in [5, 5.41) is 13.9. The van der Waals surface area contributed by atoms with Crippen LogP contribution in [0.2, 0.25) is 0 Å². The molecule has 0 radical (unpaired) electrons. The lowest BCUT2D eigenvalue weighted by atomic mass is 10.3. The van der Waals surface area contributed by atoms with Crippen LogP contribution in [0.25, 0.3) is 0 Å². The van der Waals surface area contributed by atoms with Gasteiger partial charge in [-0.1, -0.05) is 12.1 Å². The number of thiazole rings is 1. The number of ether oxygens (including phenoxy) is 3. The second kappa shape index (κ2) is 10.2. The number of quaternary nitrogens is 1. The molecule has 2 aromatic rings. The van der Waals surface area contributed by atoms with Crippen molar-refractivity contribution in [3.8, 4) is 23.8 Å². The van der Waals surface area contributed by atoms with Crippen LogP contribution in [0.15, 0.2) is 34.2 Å². The van der Waals surface area contributed by atoms with Gasteiger partial charge in [-0.25, -0.2) is 9.69 Å². The molecule has 1 fully saturated rings. The van der Waals surface area contributed by atoms with Crippen molar-refractivity contribution in [1.82, 2.24) is 14.5 Å².